The van der Waals surface area contributed by atoms with Gasteiger partial charge in [0.15, 0.2) is 0 Å². The minimum atomic E-state index is -0.398. The summed E-state index contributed by atoms with van der Waals surface area (Å²) in [6, 6.07) is 14.2. The van der Waals surface area contributed by atoms with Gasteiger partial charge < -0.3 is 4.57 Å². The van der Waals surface area contributed by atoms with E-state index in [4.69, 9.17) is 0 Å². The van der Waals surface area contributed by atoms with Crippen molar-refractivity contribution in [1.82, 2.24) is 9.47 Å². The predicted molar refractivity (Wildman–Crippen MR) is 100 cm³/mol. The van der Waals surface area contributed by atoms with Crippen molar-refractivity contribution >= 4 is 17.5 Å². The minimum absolute atomic E-state index is 0.0537. The third-order valence-electron chi connectivity index (χ3n) is 6.09. The van der Waals surface area contributed by atoms with Crippen molar-refractivity contribution in [3.05, 3.63) is 64.6 Å². The third-order valence-corrected chi connectivity index (χ3v) is 6.09. The van der Waals surface area contributed by atoms with Crippen LogP contribution in [0.4, 0.5) is 5.69 Å². The van der Waals surface area contributed by atoms with Crippen LogP contribution in [-0.4, -0.2) is 40.4 Å². The lowest BCUT2D eigenvalue weighted by Gasteiger charge is -2.44. The highest BCUT2D eigenvalue weighted by molar-refractivity contribution is 6.22. The molecule has 2 fully saturated rings. The van der Waals surface area contributed by atoms with Crippen LogP contribution in [0.3, 0.4) is 0 Å². The van der Waals surface area contributed by atoms with Crippen molar-refractivity contribution in [1.29, 1.82) is 0 Å². The number of piperidine rings is 1. The van der Waals surface area contributed by atoms with Crippen molar-refractivity contribution in [3.63, 3.8) is 0 Å². The first-order chi connectivity index (χ1) is 13.1. The first-order valence-corrected chi connectivity index (χ1v) is 9.47. The molecule has 3 aliphatic rings. The highest BCUT2D eigenvalue weighted by Gasteiger charge is 2.46. The van der Waals surface area contributed by atoms with Gasteiger partial charge in [-0.25, -0.2) is 4.90 Å². The van der Waals surface area contributed by atoms with Crippen molar-refractivity contribution in [2.24, 2.45) is 5.92 Å². The number of benzene rings is 1. The predicted octanol–water partition coefficient (Wildman–Crippen LogP) is 1.60. The molecule has 2 bridgehead atoms. The molecule has 5 rings (SSSR count). The first kappa shape index (κ1) is 16.4. The van der Waals surface area contributed by atoms with Crippen LogP contribution in [0.1, 0.15) is 24.5 Å². The Morgan fingerprint density at radius 2 is 1.67 bits per heavy atom. The van der Waals surface area contributed by atoms with Crippen LogP contribution >= 0.6 is 0 Å². The SMILES string of the molecule is O=C1CC(N2CC3CC(C2)c2cccc(=O)n2C3)C(=O)N1c1ccccc1. The van der Waals surface area contributed by atoms with Gasteiger partial charge in [-0.3, -0.25) is 19.3 Å². The molecule has 0 saturated carbocycles. The molecule has 1 aromatic heterocycles. The summed E-state index contributed by atoms with van der Waals surface area (Å²) in [7, 11) is 0. The second kappa shape index (κ2) is 6.16. The van der Waals surface area contributed by atoms with Crippen LogP contribution in [0.25, 0.3) is 0 Å². The number of nitrogens with zero attached hydrogens (tertiary/aromatic N) is 3. The smallest absolute Gasteiger partial charge is 0.251 e. The monoisotopic (exact) mass is 363 g/mol. The normalized spacial score (nSPS) is 27.7. The molecule has 0 radical (unpaired) electrons. The molecule has 6 heteroatoms. The minimum Gasteiger partial charge on any atom is -0.312 e. The number of likely N-dealkylation sites (tertiary alicyclic amines) is 1. The fraction of sp³-hybridized carbons (Fsp3) is 0.381. The lowest BCUT2D eigenvalue weighted by molar-refractivity contribution is -0.123. The van der Waals surface area contributed by atoms with Crippen LogP contribution in [-0.2, 0) is 16.1 Å². The number of imide groups is 1. The first-order valence-electron chi connectivity index (χ1n) is 9.47. The molecular weight excluding hydrogens is 342 g/mol. The number of pyridine rings is 1. The number of carbonyl (C=O) groups is 2. The summed E-state index contributed by atoms with van der Waals surface area (Å²) in [5.74, 6) is 0.310. The number of carbonyl (C=O) groups excluding carboxylic acids is 2. The van der Waals surface area contributed by atoms with Crippen LogP contribution in [0.5, 0.6) is 0 Å². The lowest BCUT2D eigenvalue weighted by Crippen LogP contribution is -2.52. The maximum absolute atomic E-state index is 13.0. The second-order valence-electron chi connectivity index (χ2n) is 7.77. The van der Waals surface area contributed by atoms with E-state index in [9.17, 15) is 14.4 Å². The summed E-state index contributed by atoms with van der Waals surface area (Å²) in [4.78, 5) is 41.3. The van der Waals surface area contributed by atoms with Gasteiger partial charge in [0, 0.05) is 37.3 Å². The highest BCUT2D eigenvalue weighted by Crippen LogP contribution is 2.37. The van der Waals surface area contributed by atoms with Gasteiger partial charge in [0.05, 0.1) is 18.2 Å². The van der Waals surface area contributed by atoms with E-state index in [0.29, 0.717) is 24.7 Å². The Morgan fingerprint density at radius 3 is 2.48 bits per heavy atom. The molecule has 6 nitrogen and oxygen atoms in total. The number of hydrogen-bond donors (Lipinski definition) is 0. The topological polar surface area (TPSA) is 62.6 Å². The molecule has 2 aromatic rings. The molecule has 0 N–H and O–H groups in total. The van der Waals surface area contributed by atoms with E-state index in [1.54, 1.807) is 18.2 Å². The Hall–Kier alpha value is -2.73. The molecule has 138 valence electrons. The fourth-order valence-corrected chi connectivity index (χ4v) is 4.94. The zero-order valence-electron chi connectivity index (χ0n) is 15.0. The number of aromatic nitrogens is 1. The van der Waals surface area contributed by atoms with Crippen molar-refractivity contribution in [2.45, 2.75) is 31.3 Å². The van der Waals surface area contributed by atoms with Gasteiger partial charge in [0.2, 0.25) is 5.91 Å². The van der Waals surface area contributed by atoms with E-state index < -0.39 is 6.04 Å². The van der Waals surface area contributed by atoms with Gasteiger partial charge >= 0.3 is 0 Å². The summed E-state index contributed by atoms with van der Waals surface area (Å²) < 4.78 is 1.88. The van der Waals surface area contributed by atoms with Crippen molar-refractivity contribution < 1.29 is 9.59 Å². The van der Waals surface area contributed by atoms with Crippen molar-refractivity contribution in [2.75, 3.05) is 18.0 Å². The Bertz CT molecular complexity index is 968. The van der Waals surface area contributed by atoms with Crippen LogP contribution < -0.4 is 10.5 Å². The summed E-state index contributed by atoms with van der Waals surface area (Å²) in [6.45, 7) is 2.16. The van der Waals surface area contributed by atoms with E-state index >= 15 is 0 Å². The maximum atomic E-state index is 13.0. The maximum Gasteiger partial charge on any atom is 0.251 e. The van der Waals surface area contributed by atoms with Gasteiger partial charge in [-0.05, 0) is 30.5 Å². The number of rotatable bonds is 2. The van der Waals surface area contributed by atoms with E-state index in [-0.39, 0.29) is 29.7 Å². The Morgan fingerprint density at radius 1 is 0.852 bits per heavy atom. The Balaban J connectivity index is 1.42. The molecule has 27 heavy (non-hydrogen) atoms. The van der Waals surface area contributed by atoms with E-state index in [2.05, 4.69) is 4.90 Å². The summed E-state index contributed by atoms with van der Waals surface area (Å²) in [5.41, 5.74) is 1.75. The molecule has 3 aliphatic heterocycles. The van der Waals surface area contributed by atoms with Crippen LogP contribution in [0, 0.1) is 5.92 Å². The zero-order valence-corrected chi connectivity index (χ0v) is 15.0. The highest BCUT2D eigenvalue weighted by atomic mass is 16.2. The molecule has 2 saturated heterocycles. The van der Waals surface area contributed by atoms with Crippen LogP contribution in [0.15, 0.2) is 53.3 Å². The van der Waals surface area contributed by atoms with Gasteiger partial charge in [-0.1, -0.05) is 24.3 Å². The average molecular weight is 363 g/mol. The Labute approximate surface area is 157 Å². The summed E-state index contributed by atoms with van der Waals surface area (Å²) in [5, 5.41) is 0. The number of hydrogen-bond acceptors (Lipinski definition) is 4. The van der Waals surface area contributed by atoms with Crippen LogP contribution in [0.2, 0.25) is 0 Å². The van der Waals surface area contributed by atoms with E-state index in [1.807, 2.05) is 34.9 Å². The zero-order chi connectivity index (χ0) is 18.5. The molecule has 3 unspecified atom stereocenters. The molecule has 1 aromatic carbocycles. The number of anilines is 1. The number of fused-ring (bicyclic) bond motifs is 4. The molecule has 4 heterocycles. The van der Waals surface area contributed by atoms with E-state index in [1.165, 1.54) is 4.90 Å². The molecular formula is C21H21N3O3. The average Bonchev–Trinajstić information content (AvgIpc) is 2.97. The largest absolute Gasteiger partial charge is 0.312 e. The fourth-order valence-electron chi connectivity index (χ4n) is 4.94. The van der Waals surface area contributed by atoms with E-state index in [0.717, 1.165) is 18.7 Å². The summed E-state index contributed by atoms with van der Waals surface area (Å²) in [6.07, 6.45) is 1.27. The van der Waals surface area contributed by atoms with Gasteiger partial charge in [-0.2, -0.15) is 0 Å². The molecule has 3 atom stereocenters. The molecule has 0 aliphatic carbocycles. The quantitative estimate of drug-likeness (QED) is 0.761. The van der Waals surface area contributed by atoms with Crippen molar-refractivity contribution in [3.8, 4) is 0 Å². The Kier molecular flexibility index (Phi) is 3.75. The second-order valence-corrected chi connectivity index (χ2v) is 7.77. The molecule has 0 spiro atoms. The van der Waals surface area contributed by atoms with Gasteiger partial charge in [0.25, 0.3) is 11.5 Å². The number of amides is 2. The number of para-hydroxylation sites is 1. The standard InChI is InChI=1S/C21H21N3O3/c25-19-8-4-7-17-15-9-14(12-23(17)19)11-22(13-15)18-10-20(26)24(21(18)27)16-5-2-1-3-6-16/h1-8,14-15,18H,9-13H2. The third kappa shape index (κ3) is 2.63. The van der Waals surface area contributed by atoms with Gasteiger partial charge in [-0.15, -0.1) is 0 Å². The summed E-state index contributed by atoms with van der Waals surface area (Å²) >= 11 is 0. The lowest BCUT2D eigenvalue weighted by atomic mass is 9.82. The molecule has 2 amide bonds. The van der Waals surface area contributed by atoms with Gasteiger partial charge in [0.1, 0.15) is 0 Å².